The van der Waals surface area contributed by atoms with Crippen LogP contribution in [-0.2, 0) is 0 Å². The van der Waals surface area contributed by atoms with Crippen LogP contribution >= 0.6 is 0 Å². The van der Waals surface area contributed by atoms with Crippen molar-refractivity contribution in [2.45, 2.75) is 37.7 Å². The summed E-state index contributed by atoms with van der Waals surface area (Å²) in [6.07, 6.45) is 5.07. The Morgan fingerprint density at radius 2 is 2.06 bits per heavy atom. The van der Waals surface area contributed by atoms with Crippen molar-refractivity contribution in [3.8, 4) is 0 Å². The normalized spacial score (nSPS) is 41.2. The van der Waals surface area contributed by atoms with Gasteiger partial charge in [0.2, 0.25) is 0 Å². The molecule has 96 valence electrons. The summed E-state index contributed by atoms with van der Waals surface area (Å²) in [5.41, 5.74) is 3.64. The van der Waals surface area contributed by atoms with Crippen molar-refractivity contribution >= 4 is 11.7 Å². The molecule has 1 aromatic heterocycles. The molecule has 4 aliphatic carbocycles. The monoisotopic (exact) mass is 248 g/mol. The molecule has 3 N–H and O–H groups in total. The minimum Gasteiger partial charge on any atom is -0.390 e. The molecule has 1 aromatic rings. The lowest BCUT2D eigenvalue weighted by molar-refractivity contribution is -0.0824. The Balaban J connectivity index is 1.58. The highest BCUT2D eigenvalue weighted by molar-refractivity contribution is 5.91. The Morgan fingerprint density at radius 1 is 1.28 bits per heavy atom. The molecule has 0 radical (unpaired) electrons. The van der Waals surface area contributed by atoms with Crippen LogP contribution in [0.2, 0.25) is 0 Å². The summed E-state index contributed by atoms with van der Waals surface area (Å²) in [5, 5.41) is 28.4. The van der Waals surface area contributed by atoms with Crippen molar-refractivity contribution in [3.63, 3.8) is 0 Å². The molecule has 0 saturated heterocycles. The van der Waals surface area contributed by atoms with Gasteiger partial charge in [-0.1, -0.05) is 5.10 Å². The SMILES string of the molecule is OC12CC3CC(C1)C(=NNc1nn[nH]n1)C(C3)C2. The van der Waals surface area contributed by atoms with E-state index < -0.39 is 5.60 Å². The van der Waals surface area contributed by atoms with E-state index >= 15 is 0 Å². The molecule has 4 bridgehead atoms. The van der Waals surface area contributed by atoms with Crippen molar-refractivity contribution < 1.29 is 5.11 Å². The molecule has 5 rings (SSSR count). The lowest BCUT2D eigenvalue weighted by Crippen LogP contribution is -2.55. The fourth-order valence-electron chi connectivity index (χ4n) is 4.23. The number of H-pyrrole nitrogens is 1. The molecule has 2 unspecified atom stereocenters. The highest BCUT2D eigenvalue weighted by Crippen LogP contribution is 2.54. The first-order valence-corrected chi connectivity index (χ1v) is 6.51. The van der Waals surface area contributed by atoms with E-state index in [2.05, 4.69) is 31.2 Å². The number of aliphatic hydroxyl groups is 1. The van der Waals surface area contributed by atoms with E-state index in [-0.39, 0.29) is 0 Å². The molecule has 4 aliphatic rings. The van der Waals surface area contributed by atoms with E-state index in [1.165, 1.54) is 18.6 Å². The van der Waals surface area contributed by atoms with E-state index in [1.54, 1.807) is 0 Å². The minimum atomic E-state index is -0.415. The van der Waals surface area contributed by atoms with Crippen molar-refractivity contribution in [3.05, 3.63) is 0 Å². The van der Waals surface area contributed by atoms with Crippen molar-refractivity contribution in [2.75, 3.05) is 5.43 Å². The second kappa shape index (κ2) is 3.50. The molecular formula is C11H16N6O. The van der Waals surface area contributed by atoms with Gasteiger partial charge in [-0.3, -0.25) is 0 Å². The lowest BCUT2D eigenvalue weighted by atomic mass is 9.53. The molecule has 18 heavy (non-hydrogen) atoms. The second-order valence-electron chi connectivity index (χ2n) is 5.95. The second-order valence-corrected chi connectivity index (χ2v) is 5.95. The van der Waals surface area contributed by atoms with Crippen LogP contribution in [0.5, 0.6) is 0 Å². The summed E-state index contributed by atoms with van der Waals surface area (Å²) in [5.74, 6) is 1.95. The number of aromatic amines is 1. The topological polar surface area (TPSA) is 99.1 Å². The zero-order valence-electron chi connectivity index (χ0n) is 10.0. The van der Waals surface area contributed by atoms with Gasteiger partial charge in [-0.05, 0) is 43.2 Å². The number of rotatable bonds is 2. The molecule has 0 amide bonds. The van der Waals surface area contributed by atoms with Gasteiger partial charge in [-0.2, -0.15) is 10.3 Å². The van der Waals surface area contributed by atoms with Gasteiger partial charge < -0.3 is 5.11 Å². The van der Waals surface area contributed by atoms with Crippen LogP contribution in [0.1, 0.15) is 32.1 Å². The first-order valence-electron chi connectivity index (χ1n) is 6.51. The first-order chi connectivity index (χ1) is 8.72. The van der Waals surface area contributed by atoms with Gasteiger partial charge in [-0.25, -0.2) is 5.43 Å². The quantitative estimate of drug-likeness (QED) is 0.663. The largest absolute Gasteiger partial charge is 0.390 e. The number of nitrogens with zero attached hydrogens (tertiary/aromatic N) is 4. The third kappa shape index (κ3) is 1.53. The Kier molecular flexibility index (Phi) is 2.03. The zero-order valence-corrected chi connectivity index (χ0v) is 10.0. The minimum absolute atomic E-state index is 0.398. The molecule has 0 aromatic carbocycles. The Labute approximate surface area is 104 Å². The number of aromatic nitrogens is 4. The fraction of sp³-hybridized carbons (Fsp3) is 0.818. The molecule has 7 heteroatoms. The average molecular weight is 248 g/mol. The standard InChI is InChI=1S/C11H16N6O/c18-11-3-6-1-7(4-11)9(8(2-6)5-11)12-13-10-14-16-17-15-10/h6-8,18H,1-5H2,(H2,13,14,15,16,17). The van der Waals surface area contributed by atoms with Crippen LogP contribution in [-0.4, -0.2) is 37.0 Å². The van der Waals surface area contributed by atoms with Gasteiger partial charge in [0.25, 0.3) is 5.95 Å². The van der Waals surface area contributed by atoms with Crippen LogP contribution in [0.15, 0.2) is 5.10 Å². The van der Waals surface area contributed by atoms with E-state index in [9.17, 15) is 5.11 Å². The van der Waals surface area contributed by atoms with Crippen molar-refractivity contribution in [1.82, 2.24) is 20.6 Å². The lowest BCUT2D eigenvalue weighted by Gasteiger charge is -2.54. The van der Waals surface area contributed by atoms with E-state index in [0.29, 0.717) is 23.7 Å². The van der Waals surface area contributed by atoms with E-state index in [1.807, 2.05) is 0 Å². The van der Waals surface area contributed by atoms with Gasteiger partial charge in [-0.15, -0.1) is 5.10 Å². The number of nitrogens with one attached hydrogen (secondary N) is 2. The Hall–Kier alpha value is -1.50. The summed E-state index contributed by atoms with van der Waals surface area (Å²) < 4.78 is 0. The van der Waals surface area contributed by atoms with Crippen LogP contribution in [0.3, 0.4) is 0 Å². The first kappa shape index (κ1) is 10.4. The molecule has 1 heterocycles. The van der Waals surface area contributed by atoms with Crippen LogP contribution in [0, 0.1) is 17.8 Å². The average Bonchev–Trinajstić information content (AvgIpc) is 2.78. The van der Waals surface area contributed by atoms with Crippen molar-refractivity contribution in [1.29, 1.82) is 0 Å². The maximum atomic E-state index is 10.5. The number of tetrazole rings is 1. The van der Waals surface area contributed by atoms with Gasteiger partial charge in [0, 0.05) is 17.5 Å². The molecular weight excluding hydrogens is 232 g/mol. The van der Waals surface area contributed by atoms with E-state index in [0.717, 1.165) is 19.3 Å². The summed E-state index contributed by atoms with van der Waals surface area (Å²) in [6.45, 7) is 0. The summed E-state index contributed by atoms with van der Waals surface area (Å²) >= 11 is 0. The maximum absolute atomic E-state index is 10.5. The summed E-state index contributed by atoms with van der Waals surface area (Å²) in [4.78, 5) is 0. The third-order valence-corrected chi connectivity index (χ3v) is 4.62. The number of hydrazone groups is 1. The molecule has 0 aliphatic heterocycles. The fourth-order valence-corrected chi connectivity index (χ4v) is 4.23. The van der Waals surface area contributed by atoms with Crippen molar-refractivity contribution in [2.24, 2.45) is 22.9 Å². The highest BCUT2D eigenvalue weighted by atomic mass is 16.3. The van der Waals surface area contributed by atoms with Gasteiger partial charge in [0.1, 0.15) is 0 Å². The summed E-state index contributed by atoms with van der Waals surface area (Å²) in [7, 11) is 0. The Bertz CT molecular complexity index is 466. The van der Waals surface area contributed by atoms with Crippen LogP contribution in [0.4, 0.5) is 5.95 Å². The van der Waals surface area contributed by atoms with Gasteiger partial charge in [0.05, 0.1) is 5.60 Å². The molecule has 0 spiro atoms. The van der Waals surface area contributed by atoms with Crippen LogP contribution < -0.4 is 5.43 Å². The summed E-state index contributed by atoms with van der Waals surface area (Å²) in [6, 6.07) is 0. The molecule has 2 atom stereocenters. The number of anilines is 1. The highest BCUT2D eigenvalue weighted by Gasteiger charge is 2.53. The predicted octanol–water partition coefficient (Wildman–Crippen LogP) is 0.539. The maximum Gasteiger partial charge on any atom is 0.283 e. The zero-order chi connectivity index (χ0) is 12.2. The van der Waals surface area contributed by atoms with Crippen LogP contribution in [0.25, 0.3) is 0 Å². The third-order valence-electron chi connectivity index (χ3n) is 4.62. The van der Waals surface area contributed by atoms with Gasteiger partial charge in [0.15, 0.2) is 0 Å². The molecule has 4 saturated carbocycles. The number of hydrogen-bond acceptors (Lipinski definition) is 6. The van der Waals surface area contributed by atoms with E-state index in [4.69, 9.17) is 0 Å². The van der Waals surface area contributed by atoms with Gasteiger partial charge >= 0.3 is 0 Å². The molecule has 7 nitrogen and oxygen atoms in total. The predicted molar refractivity (Wildman–Crippen MR) is 63.7 cm³/mol. The Morgan fingerprint density at radius 3 is 2.67 bits per heavy atom. The number of hydrogen-bond donors (Lipinski definition) is 3. The smallest absolute Gasteiger partial charge is 0.283 e. The molecule has 4 fully saturated rings.